The molecule has 1 aromatic rings. The van der Waals surface area contributed by atoms with E-state index in [9.17, 15) is 13.2 Å². The Morgan fingerprint density at radius 3 is 2.78 bits per heavy atom. The van der Waals surface area contributed by atoms with E-state index in [2.05, 4.69) is 0 Å². The van der Waals surface area contributed by atoms with E-state index >= 15 is 0 Å². The molecular formula is C13H16O4S. The Hall–Kier alpha value is -1.36. The fraction of sp³-hybridized carbons (Fsp3) is 0.462. The van der Waals surface area contributed by atoms with Crippen LogP contribution < -0.4 is 0 Å². The first-order valence-electron chi connectivity index (χ1n) is 5.98. The number of carbonyl (C=O) groups is 1. The summed E-state index contributed by atoms with van der Waals surface area (Å²) in [5.74, 6) is -2.17. The van der Waals surface area contributed by atoms with Crippen molar-refractivity contribution in [2.45, 2.75) is 25.2 Å². The summed E-state index contributed by atoms with van der Waals surface area (Å²) in [6, 6.07) is 7.83. The third-order valence-electron chi connectivity index (χ3n) is 3.29. The van der Waals surface area contributed by atoms with Crippen LogP contribution in [0.25, 0.3) is 0 Å². The van der Waals surface area contributed by atoms with Crippen LogP contribution in [0.4, 0.5) is 0 Å². The van der Waals surface area contributed by atoms with Crippen molar-refractivity contribution in [3.8, 4) is 0 Å². The first-order chi connectivity index (χ1) is 8.48. The van der Waals surface area contributed by atoms with Gasteiger partial charge in [-0.2, -0.15) is 0 Å². The van der Waals surface area contributed by atoms with Crippen molar-refractivity contribution >= 4 is 15.8 Å². The van der Waals surface area contributed by atoms with Gasteiger partial charge in [0, 0.05) is 0 Å². The summed E-state index contributed by atoms with van der Waals surface area (Å²) in [7, 11) is -3.52. The molecule has 0 saturated carbocycles. The van der Waals surface area contributed by atoms with E-state index in [4.69, 9.17) is 5.11 Å². The number of sulfone groups is 1. The van der Waals surface area contributed by atoms with Gasteiger partial charge < -0.3 is 5.11 Å². The highest BCUT2D eigenvalue weighted by Gasteiger charge is 2.26. The second-order valence-corrected chi connectivity index (χ2v) is 6.85. The van der Waals surface area contributed by atoms with Gasteiger partial charge in [-0.15, -0.1) is 0 Å². The number of rotatable bonds is 4. The largest absolute Gasteiger partial charge is 0.480 e. The molecule has 98 valence electrons. The first-order valence-corrected chi connectivity index (χ1v) is 7.80. The van der Waals surface area contributed by atoms with Gasteiger partial charge in [0.2, 0.25) is 0 Å². The van der Waals surface area contributed by atoms with Crippen molar-refractivity contribution in [2.24, 2.45) is 0 Å². The van der Waals surface area contributed by atoms with E-state index in [-0.39, 0.29) is 11.7 Å². The molecule has 0 saturated heterocycles. The van der Waals surface area contributed by atoms with E-state index in [0.29, 0.717) is 0 Å². The summed E-state index contributed by atoms with van der Waals surface area (Å²) in [6.07, 6.45) is 2.76. The molecule has 0 aliphatic heterocycles. The summed E-state index contributed by atoms with van der Waals surface area (Å²) < 4.78 is 23.5. The molecule has 0 radical (unpaired) electrons. The molecule has 0 fully saturated rings. The number of hydrogen-bond acceptors (Lipinski definition) is 3. The van der Waals surface area contributed by atoms with Gasteiger partial charge in [-0.05, 0) is 36.3 Å². The Morgan fingerprint density at radius 2 is 2.06 bits per heavy atom. The molecule has 4 nitrogen and oxygen atoms in total. The molecule has 1 aromatic carbocycles. The van der Waals surface area contributed by atoms with Crippen LogP contribution >= 0.6 is 0 Å². The van der Waals surface area contributed by atoms with Crippen LogP contribution in [0, 0.1) is 0 Å². The Bertz CT molecular complexity index is 548. The van der Waals surface area contributed by atoms with Crippen LogP contribution in [0.15, 0.2) is 24.3 Å². The summed E-state index contributed by atoms with van der Waals surface area (Å²) in [6.45, 7) is 0. The van der Waals surface area contributed by atoms with Gasteiger partial charge in [-0.25, -0.2) is 8.42 Å². The molecular weight excluding hydrogens is 252 g/mol. The minimum atomic E-state index is -3.52. The first kappa shape index (κ1) is 13.1. The predicted molar refractivity (Wildman–Crippen MR) is 68.4 cm³/mol. The number of aliphatic carboxylic acids is 1. The maximum atomic E-state index is 11.7. The van der Waals surface area contributed by atoms with E-state index < -0.39 is 21.6 Å². The maximum absolute atomic E-state index is 11.7. The normalized spacial score (nSPS) is 19.2. The molecule has 1 aliphatic rings. The fourth-order valence-electron chi connectivity index (χ4n) is 2.58. The molecule has 1 N–H and O–H groups in total. The fourth-order valence-corrected chi connectivity index (χ4v) is 4.03. The topological polar surface area (TPSA) is 71.4 Å². The Labute approximate surface area is 107 Å². The Kier molecular flexibility index (Phi) is 3.71. The highest BCUT2D eigenvalue weighted by atomic mass is 32.2. The van der Waals surface area contributed by atoms with E-state index in [0.717, 1.165) is 24.8 Å². The van der Waals surface area contributed by atoms with Crippen LogP contribution in [0.3, 0.4) is 0 Å². The molecule has 1 atom stereocenters. The van der Waals surface area contributed by atoms with Crippen LogP contribution in [-0.2, 0) is 21.1 Å². The number of hydrogen-bond donors (Lipinski definition) is 1. The molecule has 5 heteroatoms. The van der Waals surface area contributed by atoms with Crippen molar-refractivity contribution in [1.29, 1.82) is 0 Å². The summed E-state index contributed by atoms with van der Waals surface area (Å²) in [5.41, 5.74) is 2.26. The zero-order chi connectivity index (χ0) is 13.2. The third-order valence-corrected chi connectivity index (χ3v) is 4.89. The smallest absolute Gasteiger partial charge is 0.318 e. The summed E-state index contributed by atoms with van der Waals surface area (Å²) in [4.78, 5) is 10.5. The average molecular weight is 268 g/mol. The number of carboxylic acid groups (broad SMARTS) is 1. The SMILES string of the molecule is O=C(O)CS(=O)(=O)CC1CCCc2ccccc21. The standard InChI is InChI=1S/C13H16O4S/c14-13(15)9-18(16,17)8-11-6-3-5-10-4-1-2-7-12(10)11/h1-2,4,7,11H,3,5-6,8-9H2,(H,14,15). The molecule has 0 spiro atoms. The highest BCUT2D eigenvalue weighted by Crippen LogP contribution is 2.32. The Balaban J connectivity index is 2.19. The quantitative estimate of drug-likeness (QED) is 0.900. The van der Waals surface area contributed by atoms with Gasteiger partial charge in [0.1, 0.15) is 5.75 Å². The summed E-state index contributed by atoms with van der Waals surface area (Å²) in [5, 5.41) is 8.59. The molecule has 0 heterocycles. The molecule has 1 unspecified atom stereocenters. The van der Waals surface area contributed by atoms with E-state index in [1.165, 1.54) is 5.56 Å². The van der Waals surface area contributed by atoms with Crippen LogP contribution in [0.2, 0.25) is 0 Å². The van der Waals surface area contributed by atoms with Crippen LogP contribution in [-0.4, -0.2) is 31.0 Å². The monoisotopic (exact) mass is 268 g/mol. The van der Waals surface area contributed by atoms with Crippen molar-refractivity contribution in [3.05, 3.63) is 35.4 Å². The molecule has 0 bridgehead atoms. The second kappa shape index (κ2) is 5.10. The molecule has 2 rings (SSSR count). The summed E-state index contributed by atoms with van der Waals surface area (Å²) >= 11 is 0. The third kappa shape index (κ3) is 3.10. The lowest BCUT2D eigenvalue weighted by Gasteiger charge is -2.25. The van der Waals surface area contributed by atoms with Crippen LogP contribution in [0.5, 0.6) is 0 Å². The van der Waals surface area contributed by atoms with Crippen molar-refractivity contribution in [2.75, 3.05) is 11.5 Å². The second-order valence-electron chi connectivity index (χ2n) is 4.74. The Morgan fingerprint density at radius 1 is 1.33 bits per heavy atom. The number of carboxylic acids is 1. The maximum Gasteiger partial charge on any atom is 0.318 e. The lowest BCUT2D eigenvalue weighted by molar-refractivity contribution is -0.134. The van der Waals surface area contributed by atoms with Gasteiger partial charge in [0.05, 0.1) is 5.75 Å². The van der Waals surface area contributed by atoms with Crippen molar-refractivity contribution in [3.63, 3.8) is 0 Å². The van der Waals surface area contributed by atoms with Gasteiger partial charge in [0.25, 0.3) is 0 Å². The van der Waals surface area contributed by atoms with Gasteiger partial charge >= 0.3 is 5.97 Å². The molecule has 0 amide bonds. The average Bonchev–Trinajstić information content (AvgIpc) is 2.27. The lowest BCUT2D eigenvalue weighted by Crippen LogP contribution is -2.24. The highest BCUT2D eigenvalue weighted by molar-refractivity contribution is 7.92. The molecule has 18 heavy (non-hydrogen) atoms. The number of benzene rings is 1. The zero-order valence-electron chi connectivity index (χ0n) is 10.0. The van der Waals surface area contributed by atoms with Gasteiger partial charge in [-0.3, -0.25) is 4.79 Å². The van der Waals surface area contributed by atoms with Crippen LogP contribution in [0.1, 0.15) is 29.9 Å². The van der Waals surface area contributed by atoms with Gasteiger partial charge in [0.15, 0.2) is 9.84 Å². The minimum absolute atomic E-state index is 0.0562. The van der Waals surface area contributed by atoms with E-state index in [1.807, 2.05) is 24.3 Å². The molecule has 1 aliphatic carbocycles. The predicted octanol–water partition coefficient (Wildman–Crippen LogP) is 1.61. The lowest BCUT2D eigenvalue weighted by atomic mass is 9.84. The minimum Gasteiger partial charge on any atom is -0.480 e. The molecule has 0 aromatic heterocycles. The van der Waals surface area contributed by atoms with E-state index in [1.54, 1.807) is 0 Å². The van der Waals surface area contributed by atoms with Crippen molar-refractivity contribution < 1.29 is 18.3 Å². The zero-order valence-corrected chi connectivity index (χ0v) is 10.8. The number of aryl methyl sites for hydroxylation is 1. The van der Waals surface area contributed by atoms with Crippen molar-refractivity contribution in [1.82, 2.24) is 0 Å². The number of fused-ring (bicyclic) bond motifs is 1. The van der Waals surface area contributed by atoms with Gasteiger partial charge in [-0.1, -0.05) is 24.3 Å².